The summed E-state index contributed by atoms with van der Waals surface area (Å²) in [5.74, 6) is 1.41. The number of benzene rings is 1. The van der Waals surface area contributed by atoms with Gasteiger partial charge in [0.1, 0.15) is 5.75 Å². The van der Waals surface area contributed by atoms with Crippen molar-refractivity contribution in [3.05, 3.63) is 35.2 Å². The molecule has 9 nitrogen and oxygen atoms in total. The molecule has 1 aliphatic heterocycles. The Morgan fingerprint density at radius 2 is 2.00 bits per heavy atom. The SMILES string of the molecule is CNS(C)=O.COc1cc2c(cc1Nc1ncc3c(C)nn(C4CCC4)c3n1)CN(C)CC2. The molecule has 2 N–H and O–H groups in total. The normalized spacial score (nSPS) is 17.0. The van der Waals surface area contributed by atoms with Crippen LogP contribution in [-0.4, -0.2) is 62.9 Å². The van der Waals surface area contributed by atoms with Crippen LogP contribution in [0.2, 0.25) is 0 Å². The van der Waals surface area contributed by atoms with E-state index in [1.54, 1.807) is 20.4 Å². The van der Waals surface area contributed by atoms with Crippen molar-refractivity contribution < 1.29 is 8.95 Å². The highest BCUT2D eigenvalue weighted by Crippen LogP contribution is 2.35. The van der Waals surface area contributed by atoms with Gasteiger partial charge in [0, 0.05) is 25.5 Å². The van der Waals surface area contributed by atoms with Crippen LogP contribution in [0.4, 0.5) is 11.6 Å². The van der Waals surface area contributed by atoms with Crippen molar-refractivity contribution in [3.63, 3.8) is 0 Å². The Bertz CT molecular complexity index is 1160. The van der Waals surface area contributed by atoms with Gasteiger partial charge in [-0.25, -0.2) is 18.6 Å². The minimum absolute atomic E-state index is 0.466. The Labute approximate surface area is 197 Å². The molecule has 0 radical (unpaired) electrons. The maximum absolute atomic E-state index is 9.81. The average molecular weight is 472 g/mol. The number of fused-ring (bicyclic) bond motifs is 2. The molecule has 3 heterocycles. The van der Waals surface area contributed by atoms with Crippen molar-refractivity contribution in [2.24, 2.45) is 0 Å². The molecule has 0 amide bonds. The molecule has 1 aromatic carbocycles. The van der Waals surface area contributed by atoms with E-state index in [1.165, 1.54) is 30.4 Å². The number of anilines is 2. The summed E-state index contributed by atoms with van der Waals surface area (Å²) >= 11 is 0. The fourth-order valence-corrected chi connectivity index (χ4v) is 4.13. The van der Waals surface area contributed by atoms with Gasteiger partial charge in [-0.1, -0.05) is 0 Å². The van der Waals surface area contributed by atoms with E-state index in [2.05, 4.69) is 43.8 Å². The Balaban J connectivity index is 0.000000471. The predicted octanol–water partition coefficient (Wildman–Crippen LogP) is 3.10. The Hall–Kier alpha value is -2.56. The first kappa shape index (κ1) is 23.6. The number of aryl methyl sites for hydroxylation is 1. The summed E-state index contributed by atoms with van der Waals surface area (Å²) in [6.07, 6.45) is 8.12. The molecule has 1 atom stereocenters. The molecule has 2 aromatic heterocycles. The molecular formula is C23H33N7O2S. The largest absolute Gasteiger partial charge is 0.495 e. The summed E-state index contributed by atoms with van der Waals surface area (Å²) in [4.78, 5) is 11.7. The Morgan fingerprint density at radius 1 is 1.24 bits per heavy atom. The van der Waals surface area contributed by atoms with Crippen molar-refractivity contribution in [1.82, 2.24) is 29.4 Å². The summed E-state index contributed by atoms with van der Waals surface area (Å²) in [5, 5.41) is 9.13. The van der Waals surface area contributed by atoms with Crippen LogP contribution < -0.4 is 14.8 Å². The highest BCUT2D eigenvalue weighted by molar-refractivity contribution is 7.82. The number of hydrogen-bond acceptors (Lipinski definition) is 7. The summed E-state index contributed by atoms with van der Waals surface area (Å²) < 4.78 is 20.0. The molecule has 1 unspecified atom stereocenters. The second-order valence-corrected chi connectivity index (χ2v) is 9.95. The highest BCUT2D eigenvalue weighted by Gasteiger charge is 2.24. The van der Waals surface area contributed by atoms with Gasteiger partial charge in [0.2, 0.25) is 5.95 Å². The van der Waals surface area contributed by atoms with Crippen LogP contribution in [0.1, 0.15) is 42.1 Å². The second-order valence-electron chi connectivity index (χ2n) is 8.64. The second kappa shape index (κ2) is 10.1. The third kappa shape index (κ3) is 5.18. The number of rotatable bonds is 5. The van der Waals surface area contributed by atoms with Crippen LogP contribution in [0.25, 0.3) is 11.0 Å². The van der Waals surface area contributed by atoms with E-state index in [4.69, 9.17) is 14.8 Å². The molecule has 1 saturated carbocycles. The monoisotopic (exact) mass is 471 g/mol. The Morgan fingerprint density at radius 3 is 2.64 bits per heavy atom. The predicted molar refractivity (Wildman–Crippen MR) is 132 cm³/mol. The van der Waals surface area contributed by atoms with Gasteiger partial charge < -0.3 is 15.0 Å². The zero-order chi connectivity index (χ0) is 23.5. The van der Waals surface area contributed by atoms with Gasteiger partial charge >= 0.3 is 0 Å². The summed E-state index contributed by atoms with van der Waals surface area (Å²) in [6.45, 7) is 4.05. The van der Waals surface area contributed by atoms with Crippen LogP contribution in [0, 0.1) is 6.92 Å². The van der Waals surface area contributed by atoms with Gasteiger partial charge in [0.15, 0.2) is 5.65 Å². The quantitative estimate of drug-likeness (QED) is 0.590. The molecule has 1 aliphatic carbocycles. The standard InChI is InChI=1S/C21H26N6O.C2H7NOS/c1-13-17-11-22-21(24-20(17)27(25-13)16-5-4-6-16)23-18-9-15-12-26(2)8-7-14(15)10-19(18)28-3;1-3-5(2)4/h9-11,16H,4-8,12H2,1-3H3,(H,22,23,24);3H,1-2H3. The zero-order valence-corrected chi connectivity index (χ0v) is 20.8. The fraction of sp³-hybridized carbons (Fsp3) is 0.522. The molecule has 2 aliphatic rings. The van der Waals surface area contributed by atoms with Gasteiger partial charge in [0.05, 0.1) is 40.9 Å². The van der Waals surface area contributed by atoms with E-state index in [0.29, 0.717) is 12.0 Å². The fourth-order valence-electron chi connectivity index (χ4n) is 4.13. The number of likely N-dealkylation sites (N-methyl/N-ethyl adjacent to an activating group) is 1. The lowest BCUT2D eigenvalue weighted by molar-refractivity contribution is 0.295. The zero-order valence-electron chi connectivity index (χ0n) is 20.0. The number of ether oxygens (including phenoxy) is 1. The molecule has 33 heavy (non-hydrogen) atoms. The Kier molecular flexibility index (Phi) is 7.26. The summed E-state index contributed by atoms with van der Waals surface area (Å²) in [7, 11) is 4.69. The molecule has 10 heteroatoms. The third-order valence-electron chi connectivity index (χ3n) is 6.31. The van der Waals surface area contributed by atoms with Crippen LogP contribution in [-0.2, 0) is 24.0 Å². The van der Waals surface area contributed by atoms with Crippen LogP contribution in [0.5, 0.6) is 5.75 Å². The van der Waals surface area contributed by atoms with E-state index in [-0.39, 0.29) is 0 Å². The smallest absolute Gasteiger partial charge is 0.229 e. The molecule has 1 fully saturated rings. The molecular weight excluding hydrogens is 438 g/mol. The van der Waals surface area contributed by atoms with Crippen molar-refractivity contribution in [3.8, 4) is 5.75 Å². The van der Waals surface area contributed by atoms with Crippen LogP contribution in [0.3, 0.4) is 0 Å². The van der Waals surface area contributed by atoms with Crippen molar-refractivity contribution >= 4 is 33.7 Å². The van der Waals surface area contributed by atoms with Gasteiger partial charge in [-0.15, -0.1) is 0 Å². The highest BCUT2D eigenvalue weighted by atomic mass is 32.2. The first-order valence-corrected chi connectivity index (χ1v) is 12.8. The molecule has 178 valence electrons. The lowest BCUT2D eigenvalue weighted by atomic mass is 9.93. The lowest BCUT2D eigenvalue weighted by Crippen LogP contribution is -2.26. The van der Waals surface area contributed by atoms with E-state index in [0.717, 1.165) is 47.7 Å². The van der Waals surface area contributed by atoms with Gasteiger partial charge in [-0.05, 0) is 70.0 Å². The first-order chi connectivity index (χ1) is 15.9. The van der Waals surface area contributed by atoms with Crippen LogP contribution >= 0.6 is 0 Å². The van der Waals surface area contributed by atoms with Crippen molar-refractivity contribution in [1.29, 1.82) is 0 Å². The molecule has 3 aromatic rings. The maximum Gasteiger partial charge on any atom is 0.229 e. The summed E-state index contributed by atoms with van der Waals surface area (Å²) in [6, 6.07) is 4.78. The molecule has 0 spiro atoms. The van der Waals surface area contributed by atoms with Gasteiger partial charge in [-0.2, -0.15) is 10.1 Å². The molecule has 0 saturated heterocycles. The van der Waals surface area contributed by atoms with Crippen molar-refractivity contribution in [2.75, 3.05) is 39.3 Å². The number of nitrogens with one attached hydrogen (secondary N) is 2. The number of methoxy groups -OCH3 is 1. The first-order valence-electron chi connectivity index (χ1n) is 11.3. The third-order valence-corrected chi connectivity index (χ3v) is 6.89. The van der Waals surface area contributed by atoms with Gasteiger partial charge in [0.25, 0.3) is 0 Å². The van der Waals surface area contributed by atoms with E-state index >= 15 is 0 Å². The number of hydrogen-bond donors (Lipinski definition) is 2. The average Bonchev–Trinajstić information content (AvgIpc) is 3.07. The topological polar surface area (TPSA) is 97.2 Å². The minimum Gasteiger partial charge on any atom is -0.495 e. The van der Waals surface area contributed by atoms with E-state index < -0.39 is 11.0 Å². The number of nitrogens with zero attached hydrogens (tertiary/aromatic N) is 5. The maximum atomic E-state index is 9.81. The minimum atomic E-state index is -0.823. The number of aromatic nitrogens is 4. The van der Waals surface area contributed by atoms with E-state index in [1.807, 2.05) is 13.1 Å². The lowest BCUT2D eigenvalue weighted by Gasteiger charge is -2.26. The van der Waals surface area contributed by atoms with E-state index in [9.17, 15) is 4.21 Å². The summed E-state index contributed by atoms with van der Waals surface area (Å²) in [5.41, 5.74) is 5.49. The van der Waals surface area contributed by atoms with Crippen LogP contribution in [0.15, 0.2) is 18.3 Å². The molecule has 0 bridgehead atoms. The van der Waals surface area contributed by atoms with Gasteiger partial charge in [-0.3, -0.25) is 0 Å². The van der Waals surface area contributed by atoms with Crippen molar-refractivity contribution in [2.45, 2.75) is 45.2 Å². The molecule has 5 rings (SSSR count).